The van der Waals surface area contributed by atoms with E-state index in [0.29, 0.717) is 18.0 Å². The molecule has 0 N–H and O–H groups in total. The molecule has 1 aliphatic heterocycles. The van der Waals surface area contributed by atoms with Gasteiger partial charge >= 0.3 is 0 Å². The van der Waals surface area contributed by atoms with Gasteiger partial charge in [-0.2, -0.15) is 0 Å². The summed E-state index contributed by atoms with van der Waals surface area (Å²) >= 11 is 0. The van der Waals surface area contributed by atoms with Crippen molar-refractivity contribution in [1.82, 2.24) is 4.90 Å². The molecular formula is C11H20N2. The maximum absolute atomic E-state index is 7.06. The first-order chi connectivity index (χ1) is 6.06. The summed E-state index contributed by atoms with van der Waals surface area (Å²) < 4.78 is 0. The zero-order valence-electron chi connectivity index (χ0n) is 9.12. The highest BCUT2D eigenvalue weighted by atomic mass is 15.2. The van der Waals surface area contributed by atoms with Crippen LogP contribution in [0.3, 0.4) is 0 Å². The van der Waals surface area contributed by atoms with Crippen molar-refractivity contribution < 1.29 is 0 Å². The Kier molecular flexibility index (Phi) is 3.33. The van der Waals surface area contributed by atoms with Crippen LogP contribution < -0.4 is 0 Å². The highest BCUT2D eigenvalue weighted by Gasteiger charge is 2.38. The van der Waals surface area contributed by atoms with Gasteiger partial charge in [0, 0.05) is 18.5 Å². The van der Waals surface area contributed by atoms with Crippen LogP contribution in [0.5, 0.6) is 0 Å². The van der Waals surface area contributed by atoms with Gasteiger partial charge in [0.1, 0.15) is 0 Å². The molecule has 13 heavy (non-hydrogen) atoms. The molecule has 0 amide bonds. The minimum Gasteiger partial charge on any atom is -0.312 e. The van der Waals surface area contributed by atoms with Crippen molar-refractivity contribution in [3.8, 4) is 0 Å². The third-order valence-corrected chi connectivity index (χ3v) is 2.98. The number of hydrogen-bond acceptors (Lipinski definition) is 1. The van der Waals surface area contributed by atoms with Crippen LogP contribution in [0.1, 0.15) is 34.1 Å². The molecular weight excluding hydrogens is 160 g/mol. The van der Waals surface area contributed by atoms with E-state index in [1.165, 1.54) is 0 Å². The van der Waals surface area contributed by atoms with Crippen LogP contribution in [0.4, 0.5) is 0 Å². The van der Waals surface area contributed by atoms with E-state index < -0.39 is 0 Å². The largest absolute Gasteiger partial charge is 0.312 e. The Hall–Kier alpha value is -0.550. The molecule has 1 heterocycles. The van der Waals surface area contributed by atoms with Crippen LogP contribution in [-0.2, 0) is 0 Å². The molecule has 0 aliphatic carbocycles. The monoisotopic (exact) mass is 180 g/mol. The average Bonchev–Trinajstić information content (AvgIpc) is 2.47. The molecule has 74 valence electrons. The zero-order valence-corrected chi connectivity index (χ0v) is 9.12. The van der Waals surface area contributed by atoms with Crippen LogP contribution >= 0.6 is 0 Å². The van der Waals surface area contributed by atoms with Gasteiger partial charge in [-0.05, 0) is 19.8 Å². The summed E-state index contributed by atoms with van der Waals surface area (Å²) in [5, 5.41) is 0. The molecule has 1 rings (SSSR count). The van der Waals surface area contributed by atoms with E-state index in [2.05, 4.69) is 37.4 Å². The highest BCUT2D eigenvalue weighted by molar-refractivity contribution is 4.97. The van der Waals surface area contributed by atoms with Gasteiger partial charge in [0.2, 0.25) is 6.04 Å². The maximum atomic E-state index is 7.06. The minimum absolute atomic E-state index is 0.245. The number of hydrogen-bond donors (Lipinski definition) is 0. The van der Waals surface area contributed by atoms with Crippen molar-refractivity contribution in [2.45, 2.75) is 52.2 Å². The van der Waals surface area contributed by atoms with E-state index in [1.54, 1.807) is 0 Å². The van der Waals surface area contributed by atoms with Crippen molar-refractivity contribution in [2.75, 3.05) is 6.54 Å². The minimum atomic E-state index is 0.245. The first-order valence-corrected chi connectivity index (χ1v) is 5.18. The second-order valence-electron chi connectivity index (χ2n) is 4.62. The molecule has 2 heteroatoms. The van der Waals surface area contributed by atoms with Gasteiger partial charge in [-0.1, -0.05) is 13.8 Å². The molecule has 0 radical (unpaired) electrons. The molecule has 0 saturated carbocycles. The standard InChI is InChI=1S/C11H20N2/c1-8(2)11-6-10(12-5)7-13(11)9(3)4/h8-11H,6-7H2,1-4H3/t10?,11-/m0/s1. The SMILES string of the molecule is [C-]#[N+]C1C[C@@H](C(C)C)N(C(C)C)C1. The van der Waals surface area contributed by atoms with E-state index in [9.17, 15) is 0 Å². The first kappa shape index (κ1) is 10.5. The first-order valence-electron chi connectivity index (χ1n) is 5.18. The quantitative estimate of drug-likeness (QED) is 0.592. The summed E-state index contributed by atoms with van der Waals surface area (Å²) in [6, 6.07) is 1.45. The van der Waals surface area contributed by atoms with Gasteiger partial charge in [0.15, 0.2) is 0 Å². The Bertz CT molecular complexity index is 187. The lowest BCUT2D eigenvalue weighted by Gasteiger charge is -2.29. The topological polar surface area (TPSA) is 7.60 Å². The molecule has 0 bridgehead atoms. The van der Waals surface area contributed by atoms with Crippen molar-refractivity contribution in [3.05, 3.63) is 11.4 Å². The van der Waals surface area contributed by atoms with E-state index in [-0.39, 0.29) is 6.04 Å². The van der Waals surface area contributed by atoms with E-state index in [4.69, 9.17) is 6.57 Å². The van der Waals surface area contributed by atoms with E-state index in [1.807, 2.05) is 0 Å². The Labute approximate surface area is 81.7 Å². The molecule has 0 aromatic rings. The van der Waals surface area contributed by atoms with Crippen LogP contribution in [0.25, 0.3) is 4.85 Å². The smallest absolute Gasteiger partial charge is 0.237 e. The fraction of sp³-hybridized carbons (Fsp3) is 0.909. The average molecular weight is 180 g/mol. The predicted octanol–water partition coefficient (Wildman–Crippen LogP) is 2.41. The summed E-state index contributed by atoms with van der Waals surface area (Å²) in [5.74, 6) is 0.675. The molecule has 1 fully saturated rings. The Morgan fingerprint density at radius 3 is 2.23 bits per heavy atom. The predicted molar refractivity (Wildman–Crippen MR) is 55.5 cm³/mol. The van der Waals surface area contributed by atoms with Crippen molar-refractivity contribution in [3.63, 3.8) is 0 Å². The fourth-order valence-corrected chi connectivity index (χ4v) is 2.21. The molecule has 1 aliphatic rings. The lowest BCUT2D eigenvalue weighted by atomic mass is 10.0. The molecule has 2 atom stereocenters. The Balaban J connectivity index is 2.66. The summed E-state index contributed by atoms with van der Waals surface area (Å²) in [4.78, 5) is 6.14. The van der Waals surface area contributed by atoms with Gasteiger partial charge in [-0.3, -0.25) is 4.90 Å². The van der Waals surface area contributed by atoms with Gasteiger partial charge < -0.3 is 4.85 Å². The summed E-state index contributed by atoms with van der Waals surface area (Å²) in [5.41, 5.74) is 0. The molecule has 0 spiro atoms. The van der Waals surface area contributed by atoms with Crippen molar-refractivity contribution in [2.24, 2.45) is 5.92 Å². The van der Waals surface area contributed by atoms with Crippen molar-refractivity contribution in [1.29, 1.82) is 0 Å². The second kappa shape index (κ2) is 4.11. The van der Waals surface area contributed by atoms with Gasteiger partial charge in [-0.15, -0.1) is 0 Å². The lowest BCUT2D eigenvalue weighted by Crippen LogP contribution is -2.38. The van der Waals surface area contributed by atoms with Crippen LogP contribution in [0, 0.1) is 12.5 Å². The number of nitrogens with zero attached hydrogens (tertiary/aromatic N) is 2. The summed E-state index contributed by atoms with van der Waals surface area (Å²) in [6.45, 7) is 17.0. The van der Waals surface area contributed by atoms with Gasteiger partial charge in [-0.25, -0.2) is 6.57 Å². The second-order valence-corrected chi connectivity index (χ2v) is 4.62. The van der Waals surface area contributed by atoms with E-state index >= 15 is 0 Å². The van der Waals surface area contributed by atoms with Crippen LogP contribution in [-0.4, -0.2) is 29.6 Å². The number of rotatable bonds is 2. The lowest BCUT2D eigenvalue weighted by molar-refractivity contribution is 0.165. The van der Waals surface area contributed by atoms with Gasteiger partial charge in [0.25, 0.3) is 0 Å². The third-order valence-electron chi connectivity index (χ3n) is 2.98. The molecule has 1 unspecified atom stereocenters. The van der Waals surface area contributed by atoms with Crippen LogP contribution in [0.15, 0.2) is 0 Å². The Morgan fingerprint density at radius 1 is 1.31 bits per heavy atom. The number of likely N-dealkylation sites (tertiary alicyclic amines) is 1. The molecule has 0 aromatic heterocycles. The summed E-state index contributed by atoms with van der Waals surface area (Å²) in [7, 11) is 0. The van der Waals surface area contributed by atoms with Crippen LogP contribution in [0.2, 0.25) is 0 Å². The molecule has 0 aromatic carbocycles. The van der Waals surface area contributed by atoms with Gasteiger partial charge in [0.05, 0.1) is 6.54 Å². The third kappa shape index (κ3) is 2.22. The fourth-order valence-electron chi connectivity index (χ4n) is 2.21. The maximum Gasteiger partial charge on any atom is 0.237 e. The highest BCUT2D eigenvalue weighted by Crippen LogP contribution is 2.27. The summed E-state index contributed by atoms with van der Waals surface area (Å²) in [6.07, 6.45) is 1.07. The zero-order chi connectivity index (χ0) is 10.0. The van der Waals surface area contributed by atoms with E-state index in [0.717, 1.165) is 13.0 Å². The molecule has 2 nitrogen and oxygen atoms in total. The Morgan fingerprint density at radius 2 is 1.92 bits per heavy atom. The van der Waals surface area contributed by atoms with Crippen molar-refractivity contribution >= 4 is 0 Å². The normalized spacial score (nSPS) is 29.9. The molecule has 1 saturated heterocycles.